The molecule has 94 valence electrons. The Morgan fingerprint density at radius 2 is 2.24 bits per heavy atom. The van der Waals surface area contributed by atoms with E-state index >= 15 is 0 Å². The number of aliphatic hydroxyl groups excluding tert-OH is 1. The summed E-state index contributed by atoms with van der Waals surface area (Å²) in [6.07, 6.45) is -0.438. The van der Waals surface area contributed by atoms with Crippen LogP contribution in [0.15, 0.2) is 22.7 Å². The Balaban J connectivity index is 2.67. The highest BCUT2D eigenvalue weighted by Crippen LogP contribution is 2.28. The van der Waals surface area contributed by atoms with E-state index < -0.39 is 6.10 Å². The van der Waals surface area contributed by atoms with Crippen LogP contribution < -0.4 is 4.74 Å². The third-order valence-corrected chi connectivity index (χ3v) is 2.71. The van der Waals surface area contributed by atoms with Crippen molar-refractivity contribution in [1.29, 1.82) is 0 Å². The molecule has 0 saturated carbocycles. The molecule has 0 unspecified atom stereocenters. The maximum Gasteiger partial charge on any atom is 0.308 e. The number of ether oxygens (including phenoxy) is 2. The number of methoxy groups -OCH3 is 1. The van der Waals surface area contributed by atoms with E-state index in [0.29, 0.717) is 11.3 Å². The van der Waals surface area contributed by atoms with E-state index in [4.69, 9.17) is 4.74 Å². The molecule has 1 aromatic rings. The lowest BCUT2D eigenvalue weighted by Crippen LogP contribution is -2.09. The molecule has 0 aliphatic heterocycles. The van der Waals surface area contributed by atoms with Crippen molar-refractivity contribution in [3.05, 3.63) is 28.2 Å². The second kappa shape index (κ2) is 6.61. The van der Waals surface area contributed by atoms with Crippen molar-refractivity contribution < 1.29 is 19.4 Å². The molecule has 0 amide bonds. The highest BCUT2D eigenvalue weighted by molar-refractivity contribution is 9.10. The van der Waals surface area contributed by atoms with Crippen molar-refractivity contribution in [2.45, 2.75) is 19.4 Å². The van der Waals surface area contributed by atoms with Crippen LogP contribution in [0, 0.1) is 0 Å². The Morgan fingerprint density at radius 1 is 1.53 bits per heavy atom. The Hall–Kier alpha value is -1.07. The molecule has 0 radical (unpaired) electrons. The fourth-order valence-corrected chi connectivity index (χ4v) is 1.70. The Morgan fingerprint density at radius 3 is 2.82 bits per heavy atom. The molecule has 17 heavy (non-hydrogen) atoms. The number of halogens is 1. The van der Waals surface area contributed by atoms with Gasteiger partial charge in [0.15, 0.2) is 0 Å². The number of benzene rings is 1. The van der Waals surface area contributed by atoms with E-state index in [1.807, 2.05) is 6.07 Å². The summed E-state index contributed by atoms with van der Waals surface area (Å²) in [6, 6.07) is 5.36. The maximum atomic E-state index is 10.9. The Labute approximate surface area is 109 Å². The first-order chi connectivity index (χ1) is 8.04. The van der Waals surface area contributed by atoms with Crippen LogP contribution in [0.25, 0.3) is 0 Å². The molecular formula is C12H15BrO4. The summed E-state index contributed by atoms with van der Waals surface area (Å²) in [5.74, 6) is 0.257. The predicted octanol–water partition coefficient (Wildman–Crippen LogP) is 2.44. The zero-order valence-electron chi connectivity index (χ0n) is 9.77. The van der Waals surface area contributed by atoms with E-state index in [0.717, 1.165) is 4.47 Å². The van der Waals surface area contributed by atoms with E-state index in [1.165, 1.54) is 7.11 Å². The maximum absolute atomic E-state index is 10.9. The fourth-order valence-electron chi connectivity index (χ4n) is 1.32. The van der Waals surface area contributed by atoms with Crippen LogP contribution in [-0.4, -0.2) is 24.8 Å². The van der Waals surface area contributed by atoms with Crippen molar-refractivity contribution in [3.8, 4) is 5.75 Å². The summed E-state index contributed by atoms with van der Waals surface area (Å²) >= 11 is 3.33. The zero-order valence-corrected chi connectivity index (χ0v) is 11.4. The van der Waals surface area contributed by atoms with Gasteiger partial charge in [0.1, 0.15) is 5.75 Å². The van der Waals surface area contributed by atoms with Gasteiger partial charge < -0.3 is 14.6 Å². The van der Waals surface area contributed by atoms with Gasteiger partial charge in [0.05, 0.1) is 26.2 Å². The second-order valence-electron chi connectivity index (χ2n) is 3.53. The number of hydrogen-bond donors (Lipinski definition) is 1. The molecule has 1 aromatic carbocycles. The molecule has 0 heterocycles. The standard InChI is InChI=1S/C12H15BrO4/c1-8(14)10-7-9(13)3-4-11(10)17-6-5-12(15)16-2/h3-4,7-8,14H,5-6H2,1-2H3/t8-/m0/s1. The van der Waals surface area contributed by atoms with Crippen LogP contribution >= 0.6 is 15.9 Å². The number of rotatable bonds is 5. The summed E-state index contributed by atoms with van der Waals surface area (Å²) in [7, 11) is 1.34. The monoisotopic (exact) mass is 302 g/mol. The lowest BCUT2D eigenvalue weighted by molar-refractivity contribution is -0.141. The highest BCUT2D eigenvalue weighted by Gasteiger charge is 2.10. The van der Waals surface area contributed by atoms with Crippen molar-refractivity contribution in [2.24, 2.45) is 0 Å². The first kappa shape index (κ1) is 14.0. The number of aliphatic hydroxyl groups is 1. The van der Waals surface area contributed by atoms with Crippen LogP contribution in [0.1, 0.15) is 25.0 Å². The van der Waals surface area contributed by atoms with E-state index in [-0.39, 0.29) is 19.0 Å². The highest BCUT2D eigenvalue weighted by atomic mass is 79.9. The minimum atomic E-state index is -0.624. The van der Waals surface area contributed by atoms with Gasteiger partial charge in [-0.05, 0) is 25.1 Å². The van der Waals surface area contributed by atoms with Gasteiger partial charge in [-0.15, -0.1) is 0 Å². The van der Waals surface area contributed by atoms with Crippen molar-refractivity contribution in [2.75, 3.05) is 13.7 Å². The van der Waals surface area contributed by atoms with Crippen molar-refractivity contribution in [3.63, 3.8) is 0 Å². The predicted molar refractivity (Wildman–Crippen MR) is 66.9 cm³/mol. The summed E-state index contributed by atoms with van der Waals surface area (Å²) in [5.41, 5.74) is 0.684. The van der Waals surface area contributed by atoms with Gasteiger partial charge in [-0.2, -0.15) is 0 Å². The third kappa shape index (κ3) is 4.36. The number of hydrogen-bond acceptors (Lipinski definition) is 4. The van der Waals surface area contributed by atoms with Crippen LogP contribution in [0.4, 0.5) is 0 Å². The fraction of sp³-hybridized carbons (Fsp3) is 0.417. The van der Waals surface area contributed by atoms with Gasteiger partial charge in [-0.1, -0.05) is 15.9 Å². The molecule has 0 aliphatic carbocycles. The molecule has 4 nitrogen and oxygen atoms in total. The Kier molecular flexibility index (Phi) is 5.44. The van der Waals surface area contributed by atoms with E-state index in [1.54, 1.807) is 19.1 Å². The van der Waals surface area contributed by atoms with Gasteiger partial charge in [0, 0.05) is 10.0 Å². The smallest absolute Gasteiger partial charge is 0.308 e. The zero-order chi connectivity index (χ0) is 12.8. The van der Waals surface area contributed by atoms with Crippen LogP contribution in [0.2, 0.25) is 0 Å². The normalized spacial score (nSPS) is 12.0. The van der Waals surface area contributed by atoms with E-state index in [9.17, 15) is 9.90 Å². The number of carbonyl (C=O) groups is 1. The van der Waals surface area contributed by atoms with Crippen LogP contribution in [0.3, 0.4) is 0 Å². The summed E-state index contributed by atoms with van der Waals surface area (Å²) in [5, 5.41) is 9.59. The summed E-state index contributed by atoms with van der Waals surface area (Å²) in [4.78, 5) is 10.9. The largest absolute Gasteiger partial charge is 0.493 e. The lowest BCUT2D eigenvalue weighted by atomic mass is 10.1. The molecule has 5 heteroatoms. The van der Waals surface area contributed by atoms with Gasteiger partial charge in [0.2, 0.25) is 0 Å². The number of carbonyl (C=O) groups excluding carboxylic acids is 1. The van der Waals surface area contributed by atoms with Gasteiger partial charge in [0.25, 0.3) is 0 Å². The summed E-state index contributed by atoms with van der Waals surface area (Å²) in [6.45, 7) is 1.89. The molecule has 1 rings (SSSR count). The third-order valence-electron chi connectivity index (χ3n) is 2.21. The molecule has 0 saturated heterocycles. The van der Waals surface area contributed by atoms with Crippen molar-refractivity contribution in [1.82, 2.24) is 0 Å². The minimum Gasteiger partial charge on any atom is -0.493 e. The van der Waals surface area contributed by atoms with E-state index in [2.05, 4.69) is 20.7 Å². The molecular weight excluding hydrogens is 288 g/mol. The minimum absolute atomic E-state index is 0.186. The Bertz CT molecular complexity index is 390. The molecule has 0 aromatic heterocycles. The first-order valence-corrected chi connectivity index (χ1v) is 6.01. The van der Waals surface area contributed by atoms with Gasteiger partial charge in [-0.3, -0.25) is 4.79 Å². The number of esters is 1. The second-order valence-corrected chi connectivity index (χ2v) is 4.45. The molecule has 0 fully saturated rings. The quantitative estimate of drug-likeness (QED) is 0.849. The molecule has 1 N–H and O–H groups in total. The van der Waals surface area contributed by atoms with Gasteiger partial charge >= 0.3 is 5.97 Å². The average molecular weight is 303 g/mol. The van der Waals surface area contributed by atoms with Crippen LogP contribution in [0.5, 0.6) is 5.75 Å². The SMILES string of the molecule is COC(=O)CCOc1ccc(Br)cc1[C@H](C)O. The van der Waals surface area contributed by atoms with Gasteiger partial charge in [-0.25, -0.2) is 0 Å². The lowest BCUT2D eigenvalue weighted by Gasteiger charge is -2.13. The van der Waals surface area contributed by atoms with Crippen molar-refractivity contribution >= 4 is 21.9 Å². The molecule has 0 bridgehead atoms. The summed E-state index contributed by atoms with van der Waals surface area (Å²) < 4.78 is 10.8. The molecule has 0 aliphatic rings. The molecule has 0 spiro atoms. The van der Waals surface area contributed by atoms with Crippen LogP contribution in [-0.2, 0) is 9.53 Å². The first-order valence-electron chi connectivity index (χ1n) is 5.21. The topological polar surface area (TPSA) is 55.8 Å². The molecule has 1 atom stereocenters. The average Bonchev–Trinajstić information content (AvgIpc) is 2.30.